The first-order chi connectivity index (χ1) is 19.0. The molecule has 0 amide bonds. The van der Waals surface area contributed by atoms with Crippen LogP contribution in [-0.2, 0) is 4.74 Å². The summed E-state index contributed by atoms with van der Waals surface area (Å²) in [7, 11) is 0. The second-order valence-corrected chi connectivity index (χ2v) is 17.0. The lowest BCUT2D eigenvalue weighted by Crippen LogP contribution is -2.54. The fourth-order valence-corrected chi connectivity index (χ4v) is 14.0. The molecule has 0 saturated heterocycles. The number of rotatable bonds is 4. The van der Waals surface area contributed by atoms with Crippen molar-refractivity contribution in [3.8, 4) is 0 Å². The van der Waals surface area contributed by atoms with Crippen LogP contribution in [0.5, 0.6) is 0 Å². The van der Waals surface area contributed by atoms with Crippen molar-refractivity contribution in [2.75, 3.05) is 13.2 Å². The molecule has 0 heterocycles. The van der Waals surface area contributed by atoms with Crippen LogP contribution in [0.25, 0.3) is 0 Å². The van der Waals surface area contributed by atoms with E-state index in [1.807, 2.05) is 11.1 Å². The van der Waals surface area contributed by atoms with Gasteiger partial charge in [-0.1, -0.05) is 50.0 Å². The second kappa shape index (κ2) is 9.47. The molecule has 0 spiro atoms. The third kappa shape index (κ3) is 3.79. The third-order valence-corrected chi connectivity index (χ3v) is 15.8. The van der Waals surface area contributed by atoms with E-state index >= 15 is 0 Å². The van der Waals surface area contributed by atoms with E-state index in [9.17, 15) is 0 Å². The fourth-order valence-electron chi connectivity index (χ4n) is 14.0. The van der Waals surface area contributed by atoms with Gasteiger partial charge < -0.3 is 4.74 Å². The number of allylic oxidation sites excluding steroid dienone is 2. The van der Waals surface area contributed by atoms with Crippen molar-refractivity contribution in [3.63, 3.8) is 0 Å². The summed E-state index contributed by atoms with van der Waals surface area (Å²) in [5.74, 6) is 5.77. The molecule has 6 unspecified atom stereocenters. The Morgan fingerprint density at radius 2 is 1.05 bits per heavy atom. The highest BCUT2D eigenvalue weighted by Crippen LogP contribution is 2.67. The SMILES string of the molecule is C[C@@]12CCCC1C1CCC3=CCCC[C@]3(COC[C@]34CCCC=C3CCC3C5CCC[C@@]5(C)CCC34)C1CC2. The van der Waals surface area contributed by atoms with Crippen LogP contribution in [0.1, 0.15) is 142 Å². The molecule has 6 saturated carbocycles. The Bertz CT molecular complexity index is 942. The molecule has 8 rings (SSSR count). The summed E-state index contributed by atoms with van der Waals surface area (Å²) < 4.78 is 7.32. The molecule has 6 fully saturated rings. The van der Waals surface area contributed by atoms with Gasteiger partial charge in [-0.05, 0) is 162 Å². The normalized spacial score (nSPS) is 52.4. The largest absolute Gasteiger partial charge is 0.380 e. The summed E-state index contributed by atoms with van der Waals surface area (Å²) in [6.45, 7) is 7.45. The smallest absolute Gasteiger partial charge is 0.0562 e. The molecule has 0 aromatic heterocycles. The topological polar surface area (TPSA) is 9.23 Å². The highest BCUT2D eigenvalue weighted by atomic mass is 16.5. The van der Waals surface area contributed by atoms with Crippen LogP contribution in [0, 0.1) is 57.2 Å². The van der Waals surface area contributed by atoms with Gasteiger partial charge in [-0.2, -0.15) is 0 Å². The van der Waals surface area contributed by atoms with Crippen molar-refractivity contribution in [3.05, 3.63) is 23.3 Å². The Labute approximate surface area is 240 Å². The van der Waals surface area contributed by atoms with Gasteiger partial charge in [0.1, 0.15) is 0 Å². The fraction of sp³-hybridized carbons (Fsp3) is 0.895. The summed E-state index contributed by atoms with van der Waals surface area (Å²) in [6, 6.07) is 0. The lowest BCUT2D eigenvalue weighted by Gasteiger charge is -2.60. The highest BCUT2D eigenvalue weighted by molar-refractivity contribution is 5.27. The van der Waals surface area contributed by atoms with Gasteiger partial charge in [-0.25, -0.2) is 0 Å². The molecule has 1 heteroatoms. The lowest BCUT2D eigenvalue weighted by molar-refractivity contribution is -0.113. The first-order valence-corrected chi connectivity index (χ1v) is 17.9. The molecule has 0 N–H and O–H groups in total. The molecular weight excluding hydrogens is 472 g/mol. The Kier molecular flexibility index (Phi) is 6.34. The minimum Gasteiger partial charge on any atom is -0.380 e. The molecule has 216 valence electrons. The van der Waals surface area contributed by atoms with E-state index in [2.05, 4.69) is 26.0 Å². The first kappa shape index (κ1) is 26.1. The molecule has 10 atom stereocenters. The zero-order chi connectivity index (χ0) is 26.3. The Hall–Kier alpha value is -0.560. The summed E-state index contributed by atoms with van der Waals surface area (Å²) in [5, 5.41) is 0. The number of hydrogen-bond acceptors (Lipinski definition) is 1. The first-order valence-electron chi connectivity index (χ1n) is 17.9. The number of ether oxygens (including phenoxy) is 1. The van der Waals surface area contributed by atoms with Crippen LogP contribution < -0.4 is 0 Å². The van der Waals surface area contributed by atoms with Crippen LogP contribution in [0.4, 0.5) is 0 Å². The van der Waals surface area contributed by atoms with Gasteiger partial charge in [-0.15, -0.1) is 0 Å². The summed E-state index contributed by atoms with van der Waals surface area (Å²) in [6.07, 6.45) is 34.5. The second-order valence-electron chi connectivity index (χ2n) is 17.0. The van der Waals surface area contributed by atoms with E-state index in [1.54, 1.807) is 0 Å². The van der Waals surface area contributed by atoms with Crippen LogP contribution >= 0.6 is 0 Å². The molecule has 1 nitrogen and oxygen atoms in total. The minimum atomic E-state index is 0.380. The average molecular weight is 531 g/mol. The highest BCUT2D eigenvalue weighted by Gasteiger charge is 2.59. The van der Waals surface area contributed by atoms with Gasteiger partial charge in [-0.3, -0.25) is 0 Å². The monoisotopic (exact) mass is 530 g/mol. The molecule has 39 heavy (non-hydrogen) atoms. The van der Waals surface area contributed by atoms with Crippen molar-refractivity contribution >= 4 is 0 Å². The summed E-state index contributed by atoms with van der Waals surface area (Å²) in [4.78, 5) is 0. The Morgan fingerprint density at radius 3 is 1.54 bits per heavy atom. The Balaban J connectivity index is 1.06. The number of hydrogen-bond donors (Lipinski definition) is 0. The van der Waals surface area contributed by atoms with E-state index in [0.29, 0.717) is 21.7 Å². The zero-order valence-electron chi connectivity index (χ0n) is 25.6. The van der Waals surface area contributed by atoms with Crippen LogP contribution in [-0.4, -0.2) is 13.2 Å². The van der Waals surface area contributed by atoms with Gasteiger partial charge in [0.05, 0.1) is 13.2 Å². The molecule has 0 radical (unpaired) electrons. The summed E-state index contributed by atoms with van der Waals surface area (Å²) >= 11 is 0. The standard InChI is InChI=1S/C38H58O/c1-35-19-7-11-31(35)29-15-13-27-9-3-5-21-37(27,33(29)17-23-35)25-39-26-38-22-6-4-10-28(38)14-16-30-32-12-8-20-36(32,2)24-18-34(30)38/h9-10,29-34H,3-8,11-26H2,1-2H3/t29?,30?,31?,32?,33?,34?,35-,36-,37+,38+/m0/s1. The maximum Gasteiger partial charge on any atom is 0.0562 e. The van der Waals surface area contributed by atoms with Gasteiger partial charge in [0.15, 0.2) is 0 Å². The molecule has 0 aromatic rings. The zero-order valence-corrected chi connectivity index (χ0v) is 25.6. The predicted octanol–water partition coefficient (Wildman–Crippen LogP) is 10.4. The van der Waals surface area contributed by atoms with E-state index in [0.717, 1.165) is 48.7 Å². The van der Waals surface area contributed by atoms with E-state index < -0.39 is 0 Å². The third-order valence-electron chi connectivity index (χ3n) is 15.8. The van der Waals surface area contributed by atoms with E-state index in [4.69, 9.17) is 4.74 Å². The van der Waals surface area contributed by atoms with Crippen molar-refractivity contribution in [1.82, 2.24) is 0 Å². The van der Waals surface area contributed by atoms with Crippen LogP contribution in [0.15, 0.2) is 23.3 Å². The van der Waals surface area contributed by atoms with Gasteiger partial charge >= 0.3 is 0 Å². The van der Waals surface area contributed by atoms with Crippen LogP contribution in [0.2, 0.25) is 0 Å². The average Bonchev–Trinajstić information content (AvgIpc) is 3.55. The van der Waals surface area contributed by atoms with Gasteiger partial charge in [0.2, 0.25) is 0 Å². The molecule has 0 aromatic carbocycles. The van der Waals surface area contributed by atoms with Crippen molar-refractivity contribution in [2.24, 2.45) is 57.2 Å². The molecule has 8 aliphatic rings. The maximum absolute atomic E-state index is 7.32. The summed E-state index contributed by atoms with van der Waals surface area (Å²) in [5.41, 5.74) is 5.79. The predicted molar refractivity (Wildman–Crippen MR) is 161 cm³/mol. The van der Waals surface area contributed by atoms with Gasteiger partial charge in [0, 0.05) is 10.8 Å². The molecule has 0 aliphatic heterocycles. The van der Waals surface area contributed by atoms with E-state index in [-0.39, 0.29) is 0 Å². The van der Waals surface area contributed by atoms with Crippen molar-refractivity contribution < 1.29 is 4.74 Å². The number of fused-ring (bicyclic) bond motifs is 10. The van der Waals surface area contributed by atoms with Gasteiger partial charge in [0.25, 0.3) is 0 Å². The molecule has 0 bridgehead atoms. The quantitative estimate of drug-likeness (QED) is 0.328. The van der Waals surface area contributed by atoms with E-state index in [1.165, 1.54) is 128 Å². The lowest BCUT2D eigenvalue weighted by atomic mass is 9.47. The molecular formula is C38H58O. The Morgan fingerprint density at radius 1 is 0.564 bits per heavy atom. The molecule has 8 aliphatic carbocycles. The van der Waals surface area contributed by atoms with Crippen LogP contribution in [0.3, 0.4) is 0 Å². The van der Waals surface area contributed by atoms with Crippen molar-refractivity contribution in [1.29, 1.82) is 0 Å². The van der Waals surface area contributed by atoms with Crippen molar-refractivity contribution in [2.45, 2.75) is 142 Å². The maximum atomic E-state index is 7.32. The minimum absolute atomic E-state index is 0.380.